The fraction of sp³-hybridized carbons (Fsp3) is 0.214. The van der Waals surface area contributed by atoms with Crippen LogP contribution in [0.4, 0.5) is 0 Å². The van der Waals surface area contributed by atoms with Crippen molar-refractivity contribution in [3.8, 4) is 11.3 Å². The first-order chi connectivity index (χ1) is 8.11. The van der Waals surface area contributed by atoms with E-state index in [2.05, 4.69) is 46.0 Å². The predicted molar refractivity (Wildman–Crippen MR) is 76.8 cm³/mol. The second-order valence-electron chi connectivity index (χ2n) is 4.12. The van der Waals surface area contributed by atoms with Gasteiger partial charge in [-0.15, -0.1) is 0 Å². The third-order valence-corrected chi connectivity index (χ3v) is 3.63. The molecule has 0 radical (unpaired) electrons. The molecule has 1 nitrogen and oxygen atoms in total. The molecule has 17 heavy (non-hydrogen) atoms. The highest BCUT2D eigenvalue weighted by molar-refractivity contribution is 9.08. The van der Waals surface area contributed by atoms with Crippen LogP contribution in [-0.2, 0) is 5.33 Å². The maximum atomic E-state index is 6.22. The summed E-state index contributed by atoms with van der Waals surface area (Å²) in [5.74, 6) is 0. The van der Waals surface area contributed by atoms with Gasteiger partial charge in [0, 0.05) is 17.1 Å². The fourth-order valence-electron chi connectivity index (χ4n) is 1.74. The molecule has 0 saturated heterocycles. The van der Waals surface area contributed by atoms with E-state index in [1.165, 1.54) is 11.1 Å². The third kappa shape index (κ3) is 2.70. The van der Waals surface area contributed by atoms with Gasteiger partial charge in [-0.05, 0) is 42.7 Å². The lowest BCUT2D eigenvalue weighted by molar-refractivity contribution is 1.25. The number of aryl methyl sites for hydroxylation is 2. The first-order valence-electron chi connectivity index (χ1n) is 5.40. The SMILES string of the molecule is Cc1cnc(-c2ccc(CBr)c(C)c2)c(Cl)c1. The molecule has 1 aromatic heterocycles. The topological polar surface area (TPSA) is 12.9 Å². The molecule has 0 unspecified atom stereocenters. The Kier molecular flexibility index (Phi) is 3.85. The molecule has 0 atom stereocenters. The molecule has 0 spiro atoms. The van der Waals surface area contributed by atoms with Crippen LogP contribution < -0.4 is 0 Å². The highest BCUT2D eigenvalue weighted by Crippen LogP contribution is 2.28. The van der Waals surface area contributed by atoms with E-state index >= 15 is 0 Å². The quantitative estimate of drug-likeness (QED) is 0.718. The van der Waals surface area contributed by atoms with E-state index in [-0.39, 0.29) is 0 Å². The molecule has 0 amide bonds. The Morgan fingerprint density at radius 3 is 2.59 bits per heavy atom. The van der Waals surface area contributed by atoms with Crippen LogP contribution in [0.3, 0.4) is 0 Å². The molecule has 1 aromatic carbocycles. The van der Waals surface area contributed by atoms with Crippen molar-refractivity contribution in [1.29, 1.82) is 0 Å². The van der Waals surface area contributed by atoms with Gasteiger partial charge in [0.1, 0.15) is 0 Å². The Morgan fingerprint density at radius 1 is 1.24 bits per heavy atom. The van der Waals surface area contributed by atoms with Gasteiger partial charge in [-0.2, -0.15) is 0 Å². The average Bonchev–Trinajstić information content (AvgIpc) is 2.29. The molecule has 0 saturated carbocycles. The van der Waals surface area contributed by atoms with Crippen LogP contribution in [-0.4, -0.2) is 4.98 Å². The van der Waals surface area contributed by atoms with Gasteiger partial charge in [0.25, 0.3) is 0 Å². The Morgan fingerprint density at radius 2 is 2.00 bits per heavy atom. The molecule has 0 aliphatic rings. The number of hydrogen-bond donors (Lipinski definition) is 0. The van der Waals surface area contributed by atoms with Gasteiger partial charge < -0.3 is 0 Å². The minimum Gasteiger partial charge on any atom is -0.254 e. The van der Waals surface area contributed by atoms with Gasteiger partial charge in [-0.1, -0.05) is 39.7 Å². The molecule has 88 valence electrons. The van der Waals surface area contributed by atoms with Gasteiger partial charge in [0.05, 0.1) is 10.7 Å². The van der Waals surface area contributed by atoms with Gasteiger partial charge >= 0.3 is 0 Å². The molecule has 0 fully saturated rings. The number of alkyl halides is 1. The van der Waals surface area contributed by atoms with E-state index in [1.54, 1.807) is 0 Å². The van der Waals surface area contributed by atoms with Crippen molar-refractivity contribution in [1.82, 2.24) is 4.98 Å². The molecule has 1 heterocycles. The van der Waals surface area contributed by atoms with Crippen LogP contribution in [0, 0.1) is 13.8 Å². The molecular formula is C14H13BrClN. The minimum atomic E-state index is 0.705. The molecule has 2 aromatic rings. The molecule has 0 N–H and O–H groups in total. The van der Waals surface area contributed by atoms with E-state index < -0.39 is 0 Å². The lowest BCUT2D eigenvalue weighted by Crippen LogP contribution is -1.90. The zero-order valence-corrected chi connectivity index (χ0v) is 12.1. The smallest absolute Gasteiger partial charge is 0.0888 e. The largest absolute Gasteiger partial charge is 0.254 e. The van der Waals surface area contributed by atoms with E-state index in [0.717, 1.165) is 22.2 Å². The predicted octanol–water partition coefficient (Wildman–Crippen LogP) is 4.91. The van der Waals surface area contributed by atoms with E-state index in [9.17, 15) is 0 Å². The van der Waals surface area contributed by atoms with E-state index in [0.29, 0.717) is 5.02 Å². The van der Waals surface area contributed by atoms with Gasteiger partial charge in [-0.25, -0.2) is 0 Å². The average molecular weight is 311 g/mol. The normalized spacial score (nSPS) is 10.6. The van der Waals surface area contributed by atoms with Gasteiger partial charge in [0.15, 0.2) is 0 Å². The number of pyridine rings is 1. The van der Waals surface area contributed by atoms with Crippen LogP contribution in [0.5, 0.6) is 0 Å². The van der Waals surface area contributed by atoms with Crippen molar-refractivity contribution in [2.45, 2.75) is 19.2 Å². The summed E-state index contributed by atoms with van der Waals surface area (Å²) in [6, 6.07) is 8.24. The lowest BCUT2D eigenvalue weighted by atomic mass is 10.0. The highest BCUT2D eigenvalue weighted by atomic mass is 79.9. The summed E-state index contributed by atoms with van der Waals surface area (Å²) in [6.45, 7) is 4.09. The first-order valence-corrected chi connectivity index (χ1v) is 6.90. The molecule has 0 aliphatic carbocycles. The standard InChI is InChI=1S/C14H13BrClN/c1-9-5-13(16)14(17-8-9)11-3-4-12(7-15)10(2)6-11/h3-6,8H,7H2,1-2H3. The second kappa shape index (κ2) is 5.19. The number of hydrogen-bond acceptors (Lipinski definition) is 1. The van der Waals surface area contributed by atoms with Crippen LogP contribution in [0.15, 0.2) is 30.5 Å². The Balaban J connectivity index is 2.50. The fourth-order valence-corrected chi connectivity index (χ4v) is 2.70. The summed E-state index contributed by atoms with van der Waals surface area (Å²) >= 11 is 9.69. The van der Waals surface area contributed by atoms with Gasteiger partial charge in [-0.3, -0.25) is 4.98 Å². The Labute approximate surface area is 115 Å². The number of benzene rings is 1. The van der Waals surface area contributed by atoms with Crippen LogP contribution in [0.2, 0.25) is 5.02 Å². The monoisotopic (exact) mass is 309 g/mol. The number of aromatic nitrogens is 1. The molecular weight excluding hydrogens is 298 g/mol. The summed E-state index contributed by atoms with van der Waals surface area (Å²) in [7, 11) is 0. The summed E-state index contributed by atoms with van der Waals surface area (Å²) in [6.07, 6.45) is 1.84. The maximum Gasteiger partial charge on any atom is 0.0888 e. The van der Waals surface area contributed by atoms with Crippen molar-refractivity contribution in [2.24, 2.45) is 0 Å². The molecule has 3 heteroatoms. The number of halogens is 2. The summed E-state index contributed by atoms with van der Waals surface area (Å²) in [4.78, 5) is 4.40. The zero-order valence-electron chi connectivity index (χ0n) is 9.80. The first kappa shape index (κ1) is 12.6. The number of rotatable bonds is 2. The van der Waals surface area contributed by atoms with Crippen LogP contribution >= 0.6 is 27.5 Å². The lowest BCUT2D eigenvalue weighted by Gasteiger charge is -2.08. The zero-order chi connectivity index (χ0) is 12.4. The van der Waals surface area contributed by atoms with Crippen molar-refractivity contribution in [2.75, 3.05) is 0 Å². The maximum absolute atomic E-state index is 6.22. The summed E-state index contributed by atoms with van der Waals surface area (Å²) < 4.78 is 0. The third-order valence-electron chi connectivity index (χ3n) is 2.74. The Bertz CT molecular complexity index is 552. The Hall–Kier alpha value is -0.860. The van der Waals surface area contributed by atoms with E-state index in [4.69, 9.17) is 11.6 Å². The van der Waals surface area contributed by atoms with E-state index in [1.807, 2.05) is 19.2 Å². The van der Waals surface area contributed by atoms with Crippen LogP contribution in [0.25, 0.3) is 11.3 Å². The van der Waals surface area contributed by atoms with Crippen LogP contribution in [0.1, 0.15) is 16.7 Å². The van der Waals surface area contributed by atoms with Crippen molar-refractivity contribution < 1.29 is 0 Å². The molecule has 2 rings (SSSR count). The summed E-state index contributed by atoms with van der Waals surface area (Å²) in [5, 5.41) is 1.57. The van der Waals surface area contributed by atoms with Crippen molar-refractivity contribution >= 4 is 27.5 Å². The van der Waals surface area contributed by atoms with Crippen molar-refractivity contribution in [3.63, 3.8) is 0 Å². The van der Waals surface area contributed by atoms with Gasteiger partial charge in [0.2, 0.25) is 0 Å². The molecule has 0 bridgehead atoms. The summed E-state index contributed by atoms with van der Waals surface area (Å²) in [5.41, 5.74) is 5.53. The second-order valence-corrected chi connectivity index (χ2v) is 5.09. The minimum absolute atomic E-state index is 0.705. The van der Waals surface area contributed by atoms with Crippen molar-refractivity contribution in [3.05, 3.63) is 52.2 Å². The highest BCUT2D eigenvalue weighted by Gasteiger charge is 2.07. The number of nitrogens with zero attached hydrogens (tertiary/aromatic N) is 1. The molecule has 0 aliphatic heterocycles.